The molecule has 3 rings (SSSR count). The van der Waals surface area contributed by atoms with Gasteiger partial charge in [-0.25, -0.2) is 19.3 Å². The van der Waals surface area contributed by atoms with E-state index in [1.807, 2.05) is 6.92 Å². The normalized spacial score (nSPS) is 13.7. The van der Waals surface area contributed by atoms with Crippen LogP contribution in [0.5, 0.6) is 0 Å². The van der Waals surface area contributed by atoms with Gasteiger partial charge in [0, 0.05) is 7.11 Å². The highest BCUT2D eigenvalue weighted by molar-refractivity contribution is 7.99. The maximum Gasteiger partial charge on any atom is 0.192 e. The topological polar surface area (TPSA) is 98.8 Å². The molecule has 0 radical (unpaired) electrons. The van der Waals surface area contributed by atoms with Crippen molar-refractivity contribution < 1.29 is 9.13 Å². The summed E-state index contributed by atoms with van der Waals surface area (Å²) in [5, 5.41) is 4.44. The number of thiazole rings is 1. The van der Waals surface area contributed by atoms with Crippen LogP contribution in [0.4, 0.5) is 15.3 Å². The Bertz CT molecular complexity index is 950. The third-order valence-corrected chi connectivity index (χ3v) is 6.03. The van der Waals surface area contributed by atoms with Gasteiger partial charge < -0.3 is 15.8 Å². The van der Waals surface area contributed by atoms with Crippen molar-refractivity contribution >= 4 is 44.4 Å². The molecule has 0 saturated heterocycles. The number of hydrogen-bond acceptors (Lipinski definition) is 9. The lowest BCUT2D eigenvalue weighted by molar-refractivity contribution is 0.178. The number of anilines is 2. The molecule has 3 heterocycles. The van der Waals surface area contributed by atoms with Crippen LogP contribution in [-0.2, 0) is 4.74 Å². The number of halogens is 1. The third kappa shape index (κ3) is 5.74. The molecule has 0 aromatic carbocycles. The average Bonchev–Trinajstić information content (AvgIpc) is 3.02. The fourth-order valence-corrected chi connectivity index (χ4v) is 4.53. The summed E-state index contributed by atoms with van der Waals surface area (Å²) in [5.74, 6) is 0.848. The van der Waals surface area contributed by atoms with Gasteiger partial charge in [0.15, 0.2) is 21.8 Å². The van der Waals surface area contributed by atoms with E-state index in [1.54, 1.807) is 13.2 Å². The molecule has 156 valence electrons. The van der Waals surface area contributed by atoms with E-state index in [-0.39, 0.29) is 17.1 Å². The van der Waals surface area contributed by atoms with Gasteiger partial charge >= 0.3 is 0 Å². The molecule has 3 aromatic rings. The monoisotopic (exact) mass is 436 g/mol. The number of nitrogens with one attached hydrogen (secondary N) is 1. The summed E-state index contributed by atoms with van der Waals surface area (Å²) in [7, 11) is 1.69. The Morgan fingerprint density at radius 1 is 1.24 bits per heavy atom. The van der Waals surface area contributed by atoms with Gasteiger partial charge in [0.1, 0.15) is 10.5 Å². The molecule has 10 heteroatoms. The largest absolute Gasteiger partial charge is 0.383 e. The number of ether oxygens (including phenoxy) is 1. The van der Waals surface area contributed by atoms with Crippen LogP contribution in [0.25, 0.3) is 10.3 Å². The van der Waals surface area contributed by atoms with E-state index >= 15 is 0 Å². The molecule has 7 nitrogen and oxygen atoms in total. The zero-order chi connectivity index (χ0) is 21.0. The van der Waals surface area contributed by atoms with Crippen LogP contribution >= 0.6 is 23.1 Å². The molecular formula is C19H25FN6OS2. The molecule has 0 saturated carbocycles. The Morgan fingerprint density at radius 2 is 2.03 bits per heavy atom. The number of nitrogens with zero attached hydrogens (tertiary/aromatic N) is 4. The van der Waals surface area contributed by atoms with E-state index in [0.717, 1.165) is 16.8 Å². The fraction of sp³-hybridized carbons (Fsp3) is 0.474. The third-order valence-electron chi connectivity index (χ3n) is 4.16. The maximum atomic E-state index is 13.1. The van der Waals surface area contributed by atoms with Gasteiger partial charge in [-0.05, 0) is 31.4 Å². The van der Waals surface area contributed by atoms with E-state index in [4.69, 9.17) is 15.5 Å². The number of fused-ring (bicyclic) bond motifs is 1. The molecule has 0 spiro atoms. The summed E-state index contributed by atoms with van der Waals surface area (Å²) in [5.41, 5.74) is 7.24. The van der Waals surface area contributed by atoms with Crippen LogP contribution in [0, 0.1) is 11.7 Å². The number of rotatable bonds is 9. The highest BCUT2D eigenvalue weighted by Crippen LogP contribution is 2.36. The number of hydrogen-bond donors (Lipinski definition) is 2. The van der Waals surface area contributed by atoms with Crippen LogP contribution < -0.4 is 11.1 Å². The van der Waals surface area contributed by atoms with Crippen molar-refractivity contribution in [1.82, 2.24) is 19.9 Å². The van der Waals surface area contributed by atoms with Crippen molar-refractivity contribution in [1.29, 1.82) is 0 Å². The molecule has 3 aromatic heterocycles. The highest BCUT2D eigenvalue weighted by Gasteiger charge is 2.19. The minimum absolute atomic E-state index is 0.0534. The quantitative estimate of drug-likeness (QED) is 0.373. The van der Waals surface area contributed by atoms with Gasteiger partial charge in [0.2, 0.25) is 0 Å². The first-order valence-electron chi connectivity index (χ1n) is 9.33. The van der Waals surface area contributed by atoms with E-state index < -0.39 is 0 Å². The predicted molar refractivity (Wildman–Crippen MR) is 117 cm³/mol. The second-order valence-corrected chi connectivity index (χ2v) is 9.49. The second kappa shape index (κ2) is 9.64. The molecule has 29 heavy (non-hydrogen) atoms. The number of nitrogens with two attached hydrogens (primary N) is 1. The standard InChI is InChI=1S/C19H25FN6OS2/c1-10(2)7-13(9-27-4)23-16-15-17(24-18(21)29-15)26-19(25-16)28-11(3)14-6-5-12(20)8-22-14/h5-6,8,10-11,13H,7,9H2,1-4H3,(H3,21,23,24,25,26)/t11?,13-/m1/s1. The zero-order valence-electron chi connectivity index (χ0n) is 16.8. The lowest BCUT2D eigenvalue weighted by Crippen LogP contribution is -2.27. The molecule has 3 N–H and O–H groups in total. The summed E-state index contributed by atoms with van der Waals surface area (Å²) >= 11 is 2.80. The van der Waals surface area contributed by atoms with Crippen LogP contribution in [0.3, 0.4) is 0 Å². The van der Waals surface area contributed by atoms with Crippen molar-refractivity contribution in [3.05, 3.63) is 29.8 Å². The van der Waals surface area contributed by atoms with E-state index in [0.29, 0.717) is 34.3 Å². The minimum Gasteiger partial charge on any atom is -0.383 e. The Morgan fingerprint density at radius 3 is 2.69 bits per heavy atom. The minimum atomic E-state index is -0.359. The Kier molecular flexibility index (Phi) is 7.20. The Hall–Kier alpha value is -2.04. The number of thioether (sulfide) groups is 1. The molecule has 1 unspecified atom stereocenters. The Labute approximate surface area is 177 Å². The number of pyridine rings is 1. The first-order valence-corrected chi connectivity index (χ1v) is 11.0. The molecule has 0 aliphatic heterocycles. The van der Waals surface area contributed by atoms with Crippen LogP contribution in [0.2, 0.25) is 0 Å². The fourth-order valence-electron chi connectivity index (χ4n) is 2.95. The Balaban J connectivity index is 1.89. The van der Waals surface area contributed by atoms with Gasteiger partial charge in [-0.1, -0.05) is 36.9 Å². The zero-order valence-corrected chi connectivity index (χ0v) is 18.5. The van der Waals surface area contributed by atoms with E-state index in [1.165, 1.54) is 35.4 Å². The molecule has 0 fully saturated rings. The highest BCUT2D eigenvalue weighted by atomic mass is 32.2. The van der Waals surface area contributed by atoms with Gasteiger partial charge in [-0.3, -0.25) is 4.98 Å². The lowest BCUT2D eigenvalue weighted by atomic mass is 10.0. The lowest BCUT2D eigenvalue weighted by Gasteiger charge is -2.21. The smallest absolute Gasteiger partial charge is 0.192 e. The van der Waals surface area contributed by atoms with Gasteiger partial charge in [0.25, 0.3) is 0 Å². The van der Waals surface area contributed by atoms with Gasteiger partial charge in [-0.15, -0.1) is 0 Å². The van der Waals surface area contributed by atoms with Crippen LogP contribution in [0.15, 0.2) is 23.5 Å². The first-order chi connectivity index (χ1) is 13.9. The predicted octanol–water partition coefficient (Wildman–Crippen LogP) is 4.53. The summed E-state index contributed by atoms with van der Waals surface area (Å²) in [6.07, 6.45) is 2.15. The van der Waals surface area contributed by atoms with Crippen molar-refractivity contribution in [3.63, 3.8) is 0 Å². The maximum absolute atomic E-state index is 13.1. The number of nitrogen functional groups attached to an aromatic ring is 1. The van der Waals surface area contributed by atoms with Crippen molar-refractivity contribution in [2.24, 2.45) is 5.92 Å². The van der Waals surface area contributed by atoms with E-state index in [2.05, 4.69) is 34.1 Å². The van der Waals surface area contributed by atoms with Gasteiger partial charge in [0.05, 0.1) is 29.8 Å². The van der Waals surface area contributed by atoms with Crippen molar-refractivity contribution in [2.45, 2.75) is 43.6 Å². The van der Waals surface area contributed by atoms with Gasteiger partial charge in [-0.2, -0.15) is 0 Å². The van der Waals surface area contributed by atoms with Crippen molar-refractivity contribution in [3.8, 4) is 0 Å². The molecule has 0 aliphatic rings. The van der Waals surface area contributed by atoms with Crippen LogP contribution in [-0.4, -0.2) is 39.7 Å². The first kappa shape index (κ1) is 21.7. The summed E-state index contributed by atoms with van der Waals surface area (Å²) < 4.78 is 19.3. The second-order valence-electron chi connectivity index (χ2n) is 7.15. The summed E-state index contributed by atoms with van der Waals surface area (Å²) in [4.78, 5) is 17.8. The summed E-state index contributed by atoms with van der Waals surface area (Å²) in [6, 6.07) is 3.18. The van der Waals surface area contributed by atoms with Crippen LogP contribution in [0.1, 0.15) is 38.1 Å². The number of methoxy groups -OCH3 is 1. The average molecular weight is 437 g/mol. The molecule has 0 aliphatic carbocycles. The summed E-state index contributed by atoms with van der Waals surface area (Å²) in [6.45, 7) is 6.89. The van der Waals surface area contributed by atoms with Crippen molar-refractivity contribution in [2.75, 3.05) is 24.8 Å². The molecule has 0 amide bonds. The molecular weight excluding hydrogens is 411 g/mol. The number of aromatic nitrogens is 4. The molecule has 0 bridgehead atoms. The SMILES string of the molecule is COC[C@@H](CC(C)C)Nc1nc(SC(C)c2ccc(F)cn2)nc2nc(N)sc12. The molecule has 2 atom stereocenters. The van der Waals surface area contributed by atoms with E-state index in [9.17, 15) is 4.39 Å².